The summed E-state index contributed by atoms with van der Waals surface area (Å²) in [6, 6.07) is 11.4. The van der Waals surface area contributed by atoms with Crippen LogP contribution in [-0.4, -0.2) is 6.54 Å². The average Bonchev–Trinajstić information content (AvgIpc) is 2.46. The van der Waals surface area contributed by atoms with Gasteiger partial charge in [-0.3, -0.25) is 0 Å². The molecule has 0 heterocycles. The molecule has 0 saturated carbocycles. The van der Waals surface area contributed by atoms with Crippen LogP contribution in [0, 0.1) is 19.7 Å². The van der Waals surface area contributed by atoms with Crippen molar-refractivity contribution in [3.8, 4) is 0 Å². The van der Waals surface area contributed by atoms with Gasteiger partial charge in [0.05, 0.1) is 11.1 Å². The Balaban J connectivity index is 2.41. The summed E-state index contributed by atoms with van der Waals surface area (Å²) in [5.41, 5.74) is 4.54. The Kier molecular flexibility index (Phi) is 5.38. The molecule has 0 saturated heterocycles. The lowest BCUT2D eigenvalue weighted by Crippen LogP contribution is -2.23. The number of aryl methyl sites for hydroxylation is 2. The molecule has 1 nitrogen and oxygen atoms in total. The highest BCUT2D eigenvalue weighted by Crippen LogP contribution is 2.27. The summed E-state index contributed by atoms with van der Waals surface area (Å²) >= 11 is 5.79. The van der Waals surface area contributed by atoms with Crippen LogP contribution in [0.4, 0.5) is 4.39 Å². The zero-order valence-corrected chi connectivity index (χ0v) is 13.5. The van der Waals surface area contributed by atoms with Crippen LogP contribution in [0.5, 0.6) is 0 Å². The van der Waals surface area contributed by atoms with Gasteiger partial charge in [-0.25, -0.2) is 4.39 Å². The van der Waals surface area contributed by atoms with Crippen molar-refractivity contribution in [2.24, 2.45) is 0 Å². The fourth-order valence-electron chi connectivity index (χ4n) is 2.35. The molecule has 1 atom stereocenters. The topological polar surface area (TPSA) is 12.0 Å². The molecular weight excluding hydrogens is 285 g/mol. The molecule has 1 unspecified atom stereocenters. The Labute approximate surface area is 131 Å². The lowest BCUT2D eigenvalue weighted by molar-refractivity contribution is 0.585. The second kappa shape index (κ2) is 7.06. The maximum absolute atomic E-state index is 13.8. The van der Waals surface area contributed by atoms with E-state index >= 15 is 0 Å². The quantitative estimate of drug-likeness (QED) is 0.802. The summed E-state index contributed by atoms with van der Waals surface area (Å²) in [7, 11) is 0. The molecule has 2 aromatic rings. The van der Waals surface area contributed by atoms with Gasteiger partial charge in [0, 0.05) is 0 Å². The first-order chi connectivity index (χ1) is 10.0. The summed E-state index contributed by atoms with van der Waals surface area (Å²) in [4.78, 5) is 0. The van der Waals surface area contributed by atoms with Gasteiger partial charge in [0.1, 0.15) is 5.82 Å². The first kappa shape index (κ1) is 16.0. The molecule has 0 aliphatic rings. The van der Waals surface area contributed by atoms with E-state index in [0.717, 1.165) is 24.1 Å². The zero-order chi connectivity index (χ0) is 15.4. The Morgan fingerprint density at radius 1 is 1.05 bits per heavy atom. The van der Waals surface area contributed by atoms with Gasteiger partial charge in [-0.15, -0.1) is 0 Å². The summed E-state index contributed by atoms with van der Waals surface area (Å²) in [5.74, 6) is -0.374. The number of rotatable bonds is 5. The van der Waals surface area contributed by atoms with Crippen molar-refractivity contribution in [3.05, 3.63) is 69.5 Å². The van der Waals surface area contributed by atoms with Crippen molar-refractivity contribution in [1.82, 2.24) is 5.32 Å². The van der Waals surface area contributed by atoms with Crippen LogP contribution in [0.3, 0.4) is 0 Å². The summed E-state index contributed by atoms with van der Waals surface area (Å²) < 4.78 is 13.8. The predicted molar refractivity (Wildman–Crippen MR) is 87.5 cm³/mol. The average molecular weight is 306 g/mol. The van der Waals surface area contributed by atoms with Crippen LogP contribution in [-0.2, 0) is 0 Å². The second-order valence-electron chi connectivity index (χ2n) is 5.40. The van der Waals surface area contributed by atoms with Gasteiger partial charge in [0.2, 0.25) is 0 Å². The SMILES string of the molecule is CCCNC(c1ccc(C)c(C)c1)c1ccc(Cl)c(F)c1. The minimum absolute atomic E-state index is 0.0176. The zero-order valence-electron chi connectivity index (χ0n) is 12.7. The highest BCUT2D eigenvalue weighted by atomic mass is 35.5. The number of hydrogen-bond acceptors (Lipinski definition) is 1. The molecule has 1 N–H and O–H groups in total. The van der Waals surface area contributed by atoms with E-state index in [9.17, 15) is 4.39 Å². The molecule has 2 aromatic carbocycles. The summed E-state index contributed by atoms with van der Waals surface area (Å²) in [6.45, 7) is 7.18. The van der Waals surface area contributed by atoms with Crippen LogP contribution in [0.25, 0.3) is 0 Å². The second-order valence-corrected chi connectivity index (χ2v) is 5.81. The van der Waals surface area contributed by atoms with E-state index in [2.05, 4.69) is 44.3 Å². The van der Waals surface area contributed by atoms with Crippen molar-refractivity contribution in [2.45, 2.75) is 33.2 Å². The lowest BCUT2D eigenvalue weighted by atomic mass is 9.95. The van der Waals surface area contributed by atoms with Crippen LogP contribution in [0.2, 0.25) is 5.02 Å². The molecule has 2 rings (SSSR count). The summed E-state index contributed by atoms with van der Waals surface area (Å²) in [5, 5.41) is 3.65. The third kappa shape index (κ3) is 3.84. The Morgan fingerprint density at radius 2 is 1.71 bits per heavy atom. The van der Waals surface area contributed by atoms with Gasteiger partial charge in [0.15, 0.2) is 0 Å². The minimum atomic E-state index is -0.374. The van der Waals surface area contributed by atoms with Gasteiger partial charge < -0.3 is 5.32 Å². The largest absolute Gasteiger partial charge is 0.306 e. The molecule has 0 spiro atoms. The van der Waals surface area contributed by atoms with Crippen molar-refractivity contribution in [3.63, 3.8) is 0 Å². The monoisotopic (exact) mass is 305 g/mol. The molecule has 0 radical (unpaired) electrons. The molecule has 0 aliphatic heterocycles. The Bertz CT molecular complexity index is 573. The smallest absolute Gasteiger partial charge is 0.142 e. The highest BCUT2D eigenvalue weighted by molar-refractivity contribution is 6.30. The maximum Gasteiger partial charge on any atom is 0.142 e. The van der Waals surface area contributed by atoms with Gasteiger partial charge >= 0.3 is 0 Å². The molecule has 0 fully saturated rings. The molecule has 21 heavy (non-hydrogen) atoms. The van der Waals surface area contributed by atoms with Crippen molar-refractivity contribution in [2.75, 3.05) is 6.54 Å². The number of halogens is 2. The molecule has 3 heteroatoms. The van der Waals surface area contributed by atoms with Gasteiger partial charge in [-0.2, -0.15) is 0 Å². The van der Waals surface area contributed by atoms with E-state index in [1.54, 1.807) is 6.07 Å². The normalized spacial score (nSPS) is 12.4. The third-order valence-electron chi connectivity index (χ3n) is 3.74. The molecule has 0 bridgehead atoms. The predicted octanol–water partition coefficient (Wildman–Crippen LogP) is 5.18. The molecule has 0 aliphatic carbocycles. The van der Waals surface area contributed by atoms with Gasteiger partial charge in [0.25, 0.3) is 0 Å². The first-order valence-corrected chi connectivity index (χ1v) is 7.66. The number of nitrogens with one attached hydrogen (secondary N) is 1. The van der Waals surface area contributed by atoms with Gasteiger partial charge in [-0.05, 0) is 61.2 Å². The van der Waals surface area contributed by atoms with Crippen LogP contribution in [0.1, 0.15) is 41.6 Å². The van der Waals surface area contributed by atoms with E-state index in [0.29, 0.717) is 0 Å². The minimum Gasteiger partial charge on any atom is -0.306 e. The molecular formula is C18H21ClFN. The Morgan fingerprint density at radius 3 is 2.33 bits per heavy atom. The van der Waals surface area contributed by atoms with Crippen LogP contribution in [0.15, 0.2) is 36.4 Å². The number of hydrogen-bond donors (Lipinski definition) is 1. The molecule has 0 amide bonds. The lowest BCUT2D eigenvalue weighted by Gasteiger charge is -2.21. The highest BCUT2D eigenvalue weighted by Gasteiger charge is 2.15. The van der Waals surface area contributed by atoms with E-state index in [-0.39, 0.29) is 16.9 Å². The van der Waals surface area contributed by atoms with Crippen molar-refractivity contribution >= 4 is 11.6 Å². The third-order valence-corrected chi connectivity index (χ3v) is 4.05. The molecule has 0 aromatic heterocycles. The van der Waals surface area contributed by atoms with E-state index in [4.69, 9.17) is 11.6 Å². The van der Waals surface area contributed by atoms with E-state index in [1.165, 1.54) is 17.2 Å². The van der Waals surface area contributed by atoms with Crippen LogP contribution >= 0.6 is 11.6 Å². The van der Waals surface area contributed by atoms with E-state index in [1.807, 2.05) is 6.07 Å². The first-order valence-electron chi connectivity index (χ1n) is 7.28. The maximum atomic E-state index is 13.8. The molecule has 112 valence electrons. The van der Waals surface area contributed by atoms with Gasteiger partial charge in [-0.1, -0.05) is 42.8 Å². The number of benzene rings is 2. The fourth-order valence-corrected chi connectivity index (χ4v) is 2.47. The van der Waals surface area contributed by atoms with Crippen LogP contribution < -0.4 is 5.32 Å². The standard InChI is InChI=1S/C18H21ClFN/c1-4-9-21-18(14-6-5-12(2)13(3)10-14)15-7-8-16(19)17(20)11-15/h5-8,10-11,18,21H,4,9H2,1-3H3. The van der Waals surface area contributed by atoms with E-state index < -0.39 is 0 Å². The van der Waals surface area contributed by atoms with Crippen molar-refractivity contribution < 1.29 is 4.39 Å². The summed E-state index contributed by atoms with van der Waals surface area (Å²) in [6.07, 6.45) is 1.03. The van der Waals surface area contributed by atoms with Crippen molar-refractivity contribution in [1.29, 1.82) is 0 Å². The fraction of sp³-hybridized carbons (Fsp3) is 0.333. The Hall–Kier alpha value is -1.38.